The van der Waals surface area contributed by atoms with E-state index in [9.17, 15) is 18.8 Å². The van der Waals surface area contributed by atoms with Crippen molar-refractivity contribution in [3.05, 3.63) is 41.7 Å². The third kappa shape index (κ3) is 5.75. The Hall–Kier alpha value is -3.71. The number of likely N-dealkylation sites (tertiary alicyclic amines) is 1. The van der Waals surface area contributed by atoms with Gasteiger partial charge in [0.15, 0.2) is 5.69 Å². The van der Waals surface area contributed by atoms with Crippen molar-refractivity contribution >= 4 is 23.5 Å². The fourth-order valence-corrected chi connectivity index (χ4v) is 3.15. The van der Waals surface area contributed by atoms with Gasteiger partial charge in [0.25, 0.3) is 5.91 Å². The second kappa shape index (κ2) is 10.3. The number of esters is 1. The van der Waals surface area contributed by atoms with Gasteiger partial charge in [0, 0.05) is 19.2 Å². The van der Waals surface area contributed by atoms with Crippen molar-refractivity contribution in [1.82, 2.24) is 14.7 Å². The summed E-state index contributed by atoms with van der Waals surface area (Å²) in [5.41, 5.74) is 1.40. The number of aliphatic hydroxyl groups is 1. The lowest BCUT2D eigenvalue weighted by molar-refractivity contribution is -0.133. The Bertz CT molecular complexity index is 1080. The number of amides is 2. The molecule has 2 aromatic rings. The monoisotopic (exact) mass is 456 g/mol. The number of nitrogens with zero attached hydrogens (tertiary/aromatic N) is 3. The average Bonchev–Trinajstić information content (AvgIpc) is 3.29. The number of terminal acetylenes is 1. The number of carbonyl (C=O) groups excluding carboxylic acids is 3. The normalized spacial score (nSPS) is 21.0. The lowest BCUT2D eigenvalue weighted by atomic mass is 10.2. The molecule has 4 rings (SSSR count). The van der Waals surface area contributed by atoms with E-state index in [2.05, 4.69) is 16.3 Å². The highest BCUT2D eigenvalue weighted by molar-refractivity contribution is 6.01. The molecule has 2 heterocycles. The molecule has 0 radical (unpaired) electrons. The van der Waals surface area contributed by atoms with Crippen LogP contribution in [0.1, 0.15) is 35.8 Å². The minimum Gasteiger partial charge on any atom is -0.461 e. The second-order valence-electron chi connectivity index (χ2n) is 7.66. The van der Waals surface area contributed by atoms with Gasteiger partial charge in [-0.15, -0.1) is 6.42 Å². The van der Waals surface area contributed by atoms with E-state index in [-0.39, 0.29) is 30.3 Å². The standard InChI is InChI=1S/C18H16FN3O3.C5H9NO2/c1-3-11-6-5-7-12(8-11)22-10-15(16(21-22)18(24)25-4-2)20-17(23)13-9-14(13)19;1-6-3-2-4(7)5(6)8/h1,5-8,10,13-14H,4,9H2,2H3,(H,20,23);4,7H,2-3H2,1H3. The van der Waals surface area contributed by atoms with Crippen LogP contribution in [0, 0.1) is 18.3 Å². The van der Waals surface area contributed by atoms with Gasteiger partial charge in [-0.1, -0.05) is 12.0 Å². The maximum atomic E-state index is 13.1. The summed E-state index contributed by atoms with van der Waals surface area (Å²) in [5.74, 6) is 0.546. The van der Waals surface area contributed by atoms with Gasteiger partial charge in [-0.2, -0.15) is 5.10 Å². The van der Waals surface area contributed by atoms with Gasteiger partial charge in [0.05, 0.1) is 30.1 Å². The number of carbonyl (C=O) groups is 3. The Kier molecular flexibility index (Phi) is 7.45. The number of likely N-dealkylation sites (N-methyl/N-ethyl adjacent to an activating group) is 1. The first-order chi connectivity index (χ1) is 15.7. The van der Waals surface area contributed by atoms with E-state index in [1.54, 1.807) is 38.2 Å². The van der Waals surface area contributed by atoms with E-state index in [0.29, 0.717) is 24.2 Å². The van der Waals surface area contributed by atoms with Crippen molar-refractivity contribution in [3.8, 4) is 18.0 Å². The van der Waals surface area contributed by atoms with E-state index in [1.165, 1.54) is 15.8 Å². The summed E-state index contributed by atoms with van der Waals surface area (Å²) >= 11 is 0. The Balaban J connectivity index is 0.000000323. The van der Waals surface area contributed by atoms with Crippen LogP contribution in [0.4, 0.5) is 10.1 Å². The van der Waals surface area contributed by atoms with Crippen LogP contribution < -0.4 is 5.32 Å². The van der Waals surface area contributed by atoms with E-state index >= 15 is 0 Å². The summed E-state index contributed by atoms with van der Waals surface area (Å²) in [5, 5.41) is 15.5. The van der Waals surface area contributed by atoms with Gasteiger partial charge in [0.1, 0.15) is 12.3 Å². The van der Waals surface area contributed by atoms with Crippen molar-refractivity contribution < 1.29 is 28.6 Å². The van der Waals surface area contributed by atoms with Gasteiger partial charge in [-0.25, -0.2) is 13.9 Å². The predicted octanol–water partition coefficient (Wildman–Crippen LogP) is 1.54. The molecule has 1 saturated carbocycles. The maximum absolute atomic E-state index is 13.1. The molecule has 1 aromatic heterocycles. The molecule has 0 spiro atoms. The Labute approximate surface area is 190 Å². The number of aliphatic hydroxyl groups excluding tert-OH is 1. The third-order valence-corrected chi connectivity index (χ3v) is 5.17. The summed E-state index contributed by atoms with van der Waals surface area (Å²) in [6, 6.07) is 6.99. The molecule has 1 aliphatic carbocycles. The number of ether oxygens (including phenoxy) is 1. The van der Waals surface area contributed by atoms with Crippen LogP contribution in [0.2, 0.25) is 0 Å². The number of aromatic nitrogens is 2. The maximum Gasteiger partial charge on any atom is 0.361 e. The molecule has 1 aromatic carbocycles. The first-order valence-electron chi connectivity index (χ1n) is 10.5. The molecule has 2 N–H and O–H groups in total. The molecule has 2 fully saturated rings. The van der Waals surface area contributed by atoms with Crippen molar-refractivity contribution in [2.45, 2.75) is 32.0 Å². The van der Waals surface area contributed by atoms with Gasteiger partial charge in [0.2, 0.25) is 5.91 Å². The molecule has 0 bridgehead atoms. The van der Waals surface area contributed by atoms with Crippen LogP contribution >= 0.6 is 0 Å². The largest absolute Gasteiger partial charge is 0.461 e. The van der Waals surface area contributed by atoms with E-state index < -0.39 is 30.1 Å². The van der Waals surface area contributed by atoms with Crippen molar-refractivity contribution in [3.63, 3.8) is 0 Å². The fraction of sp³-hybridized carbons (Fsp3) is 0.391. The summed E-state index contributed by atoms with van der Waals surface area (Å²) < 4.78 is 19.5. The molecule has 1 saturated heterocycles. The van der Waals surface area contributed by atoms with Crippen LogP contribution in [-0.2, 0) is 14.3 Å². The molecule has 174 valence electrons. The molecule has 10 heteroatoms. The van der Waals surface area contributed by atoms with E-state index in [1.807, 2.05) is 0 Å². The number of anilines is 1. The number of hydrogen-bond acceptors (Lipinski definition) is 6. The minimum atomic E-state index is -1.13. The summed E-state index contributed by atoms with van der Waals surface area (Å²) in [7, 11) is 1.69. The average molecular weight is 456 g/mol. The molecular weight excluding hydrogens is 431 g/mol. The third-order valence-electron chi connectivity index (χ3n) is 5.17. The van der Waals surface area contributed by atoms with E-state index in [4.69, 9.17) is 16.3 Å². The van der Waals surface area contributed by atoms with E-state index in [0.717, 1.165) is 0 Å². The molecule has 3 atom stereocenters. The van der Waals surface area contributed by atoms with Crippen LogP contribution in [0.3, 0.4) is 0 Å². The zero-order chi connectivity index (χ0) is 24.1. The number of rotatable bonds is 5. The highest BCUT2D eigenvalue weighted by atomic mass is 19.1. The van der Waals surface area contributed by atoms with Crippen molar-refractivity contribution in [2.75, 3.05) is 25.5 Å². The lowest BCUT2D eigenvalue weighted by Gasteiger charge is -2.04. The van der Waals surface area contributed by atoms with Crippen LogP contribution in [-0.4, -0.2) is 70.0 Å². The van der Waals surface area contributed by atoms with Gasteiger partial charge < -0.3 is 20.1 Å². The minimum absolute atomic E-state index is 0.0441. The zero-order valence-corrected chi connectivity index (χ0v) is 18.3. The molecule has 2 aliphatic rings. The summed E-state index contributed by atoms with van der Waals surface area (Å²) in [4.78, 5) is 36.2. The van der Waals surface area contributed by atoms with Crippen molar-refractivity contribution in [2.24, 2.45) is 5.92 Å². The molecule has 3 unspecified atom stereocenters. The van der Waals surface area contributed by atoms with Crippen molar-refractivity contribution in [1.29, 1.82) is 0 Å². The van der Waals surface area contributed by atoms with Crippen LogP contribution in [0.5, 0.6) is 0 Å². The smallest absolute Gasteiger partial charge is 0.361 e. The number of hydrogen-bond donors (Lipinski definition) is 2. The molecule has 9 nitrogen and oxygen atoms in total. The Morgan fingerprint density at radius 1 is 1.42 bits per heavy atom. The number of benzene rings is 1. The number of halogens is 1. The van der Waals surface area contributed by atoms with Crippen LogP contribution in [0.25, 0.3) is 5.69 Å². The number of nitrogens with one attached hydrogen (secondary N) is 1. The molecule has 1 aliphatic heterocycles. The zero-order valence-electron chi connectivity index (χ0n) is 18.3. The Morgan fingerprint density at radius 3 is 2.67 bits per heavy atom. The Morgan fingerprint density at radius 2 is 2.15 bits per heavy atom. The SMILES string of the molecule is C#Cc1cccc(-n2cc(NC(=O)C3CC3F)c(C(=O)OCC)n2)c1.CN1CCC(O)C1=O. The summed E-state index contributed by atoms with van der Waals surface area (Å²) in [6.45, 7) is 2.53. The predicted molar refractivity (Wildman–Crippen MR) is 117 cm³/mol. The fourth-order valence-electron chi connectivity index (χ4n) is 3.15. The van der Waals surface area contributed by atoms with Gasteiger partial charge in [-0.05, 0) is 38.0 Å². The highest BCUT2D eigenvalue weighted by Crippen LogP contribution is 2.35. The molecule has 33 heavy (non-hydrogen) atoms. The topological polar surface area (TPSA) is 114 Å². The van der Waals surface area contributed by atoms with Gasteiger partial charge >= 0.3 is 5.97 Å². The number of alkyl halides is 1. The van der Waals surface area contributed by atoms with Gasteiger partial charge in [-0.3, -0.25) is 9.59 Å². The molecular formula is C23H25FN4O5. The first kappa shape index (κ1) is 23.9. The quantitative estimate of drug-likeness (QED) is 0.521. The first-order valence-corrected chi connectivity index (χ1v) is 10.5. The second-order valence-corrected chi connectivity index (χ2v) is 7.66. The molecule has 2 amide bonds. The lowest BCUT2D eigenvalue weighted by Crippen LogP contribution is -2.24. The van der Waals surface area contributed by atoms with Crippen LogP contribution in [0.15, 0.2) is 30.5 Å². The summed E-state index contributed by atoms with van der Waals surface area (Å²) in [6.07, 6.45) is 5.81. The highest BCUT2D eigenvalue weighted by Gasteiger charge is 2.44.